The molecule has 0 saturated carbocycles. The molecule has 0 aliphatic rings. The molecule has 0 unspecified atom stereocenters. The van der Waals surface area contributed by atoms with E-state index in [9.17, 15) is 0 Å². The second kappa shape index (κ2) is 5.26. The Morgan fingerprint density at radius 2 is 2.25 bits per heavy atom. The van der Waals surface area contributed by atoms with Gasteiger partial charge >= 0.3 is 0 Å². The fourth-order valence-corrected chi connectivity index (χ4v) is 2.02. The molecule has 0 bridgehead atoms. The first-order valence-electron chi connectivity index (χ1n) is 6.06. The minimum Gasteiger partial charge on any atom is -0.461 e. The first-order valence-corrected chi connectivity index (χ1v) is 6.47. The monoisotopic (exact) mass is 284 g/mol. The molecule has 3 aromatic rings. The lowest BCUT2D eigenvalue weighted by Crippen LogP contribution is -1.94. The van der Waals surface area contributed by atoms with Crippen LogP contribution in [0.5, 0.6) is 0 Å². The van der Waals surface area contributed by atoms with Crippen molar-refractivity contribution in [3.8, 4) is 11.6 Å². The summed E-state index contributed by atoms with van der Waals surface area (Å²) in [5, 5.41) is 11.2. The van der Waals surface area contributed by atoms with Gasteiger partial charge in [-0.1, -0.05) is 29.8 Å². The van der Waals surface area contributed by atoms with Crippen molar-refractivity contribution in [2.75, 3.05) is 0 Å². The van der Waals surface area contributed by atoms with Crippen molar-refractivity contribution in [1.82, 2.24) is 14.9 Å². The smallest absolute Gasteiger partial charge is 0.219 e. The van der Waals surface area contributed by atoms with Crippen molar-refractivity contribution < 1.29 is 4.42 Å². The Bertz CT molecular complexity index is 799. The average Bonchev–Trinajstić information content (AvgIpc) is 3.06. The number of aromatic amines is 1. The molecule has 0 aliphatic heterocycles. The van der Waals surface area contributed by atoms with Crippen molar-refractivity contribution >= 4 is 18.4 Å². The Hall–Kier alpha value is -2.47. The lowest BCUT2D eigenvalue weighted by atomic mass is 10.2. The largest absolute Gasteiger partial charge is 0.461 e. The Balaban J connectivity index is 1.99. The van der Waals surface area contributed by atoms with Gasteiger partial charge in [-0.25, -0.2) is 5.10 Å². The predicted octanol–water partition coefficient (Wildman–Crippen LogP) is 3.39. The van der Waals surface area contributed by atoms with Crippen LogP contribution in [0.4, 0.5) is 0 Å². The molecule has 20 heavy (non-hydrogen) atoms. The summed E-state index contributed by atoms with van der Waals surface area (Å²) in [5.74, 6) is 1.16. The van der Waals surface area contributed by atoms with Crippen LogP contribution in [0.15, 0.2) is 52.2 Å². The third kappa shape index (κ3) is 2.46. The summed E-state index contributed by atoms with van der Waals surface area (Å²) < 4.78 is 7.28. The lowest BCUT2D eigenvalue weighted by molar-refractivity contribution is 0.573. The number of rotatable bonds is 3. The van der Waals surface area contributed by atoms with E-state index < -0.39 is 0 Å². The van der Waals surface area contributed by atoms with Crippen LogP contribution in [0, 0.1) is 11.7 Å². The van der Waals surface area contributed by atoms with E-state index >= 15 is 0 Å². The molecule has 0 spiro atoms. The van der Waals surface area contributed by atoms with Gasteiger partial charge in [0.2, 0.25) is 10.6 Å². The third-order valence-corrected chi connectivity index (χ3v) is 3.02. The number of aryl methyl sites for hydroxylation is 1. The number of H-pyrrole nitrogens is 1. The molecule has 0 fully saturated rings. The third-order valence-electron chi connectivity index (χ3n) is 2.76. The van der Waals surface area contributed by atoms with Crippen molar-refractivity contribution in [2.45, 2.75) is 6.92 Å². The van der Waals surface area contributed by atoms with Gasteiger partial charge in [0, 0.05) is 0 Å². The van der Waals surface area contributed by atoms with Gasteiger partial charge in [0.25, 0.3) is 0 Å². The summed E-state index contributed by atoms with van der Waals surface area (Å²) in [6, 6.07) is 11.6. The molecule has 2 aromatic heterocycles. The molecular weight excluding hydrogens is 272 g/mol. The van der Waals surface area contributed by atoms with Crippen LogP contribution in [-0.4, -0.2) is 21.1 Å². The molecule has 1 N–H and O–H groups in total. The summed E-state index contributed by atoms with van der Waals surface area (Å²) in [7, 11) is 0. The molecule has 3 rings (SSSR count). The van der Waals surface area contributed by atoms with Crippen molar-refractivity contribution in [3.05, 3.63) is 58.6 Å². The number of hydrogen-bond acceptors (Lipinski definition) is 4. The van der Waals surface area contributed by atoms with Crippen LogP contribution >= 0.6 is 12.2 Å². The fourth-order valence-electron chi connectivity index (χ4n) is 1.84. The second-order valence-corrected chi connectivity index (χ2v) is 4.69. The van der Waals surface area contributed by atoms with Gasteiger partial charge in [0.15, 0.2) is 5.76 Å². The van der Waals surface area contributed by atoms with Gasteiger partial charge in [-0.05, 0) is 36.8 Å². The number of benzene rings is 1. The molecule has 2 heterocycles. The van der Waals surface area contributed by atoms with Crippen LogP contribution in [-0.2, 0) is 0 Å². The fraction of sp³-hybridized carbons (Fsp3) is 0.0714. The Labute approximate surface area is 120 Å². The number of furan rings is 1. The minimum absolute atomic E-state index is 0.417. The van der Waals surface area contributed by atoms with Crippen molar-refractivity contribution in [3.63, 3.8) is 0 Å². The summed E-state index contributed by atoms with van der Waals surface area (Å²) in [5.41, 5.74) is 2.18. The maximum atomic E-state index is 5.32. The van der Waals surface area contributed by atoms with Gasteiger partial charge < -0.3 is 4.42 Å². The number of hydrogen-bond donors (Lipinski definition) is 1. The first kappa shape index (κ1) is 12.6. The van der Waals surface area contributed by atoms with Crippen LogP contribution in [0.25, 0.3) is 11.6 Å². The van der Waals surface area contributed by atoms with Crippen molar-refractivity contribution in [1.29, 1.82) is 0 Å². The zero-order chi connectivity index (χ0) is 13.9. The molecule has 0 amide bonds. The SMILES string of the molecule is Cc1cccc(/C=N\n2c(-c3ccco3)n[nH]c2=S)c1. The average molecular weight is 284 g/mol. The normalized spacial score (nSPS) is 11.2. The van der Waals surface area contributed by atoms with E-state index in [0.29, 0.717) is 16.4 Å². The highest BCUT2D eigenvalue weighted by Gasteiger charge is 2.10. The van der Waals surface area contributed by atoms with E-state index in [1.807, 2.05) is 37.3 Å². The number of nitrogens with zero attached hydrogens (tertiary/aromatic N) is 3. The lowest BCUT2D eigenvalue weighted by Gasteiger charge is -1.98. The van der Waals surface area contributed by atoms with E-state index in [2.05, 4.69) is 15.3 Å². The van der Waals surface area contributed by atoms with Gasteiger partial charge in [-0.3, -0.25) is 0 Å². The molecule has 0 radical (unpaired) electrons. The first-order chi connectivity index (χ1) is 9.74. The Morgan fingerprint density at radius 3 is 3.00 bits per heavy atom. The van der Waals surface area contributed by atoms with E-state index in [4.69, 9.17) is 16.6 Å². The van der Waals surface area contributed by atoms with Crippen LogP contribution < -0.4 is 0 Å². The molecule has 0 aliphatic carbocycles. The maximum absolute atomic E-state index is 5.32. The molecule has 0 atom stereocenters. The predicted molar refractivity (Wildman–Crippen MR) is 79.3 cm³/mol. The summed E-state index contributed by atoms with van der Waals surface area (Å²) in [6.07, 6.45) is 3.33. The Morgan fingerprint density at radius 1 is 1.35 bits per heavy atom. The molecular formula is C14H12N4OS. The standard InChI is InChI=1S/C14H12N4OS/c1-10-4-2-5-11(8-10)9-15-18-13(16-17-14(18)20)12-6-3-7-19-12/h2-9H,1H3,(H,17,20)/b15-9-. The van der Waals surface area contributed by atoms with Crippen molar-refractivity contribution in [2.24, 2.45) is 5.10 Å². The van der Waals surface area contributed by atoms with E-state index in [1.165, 1.54) is 10.2 Å². The highest BCUT2D eigenvalue weighted by Crippen LogP contribution is 2.17. The summed E-state index contributed by atoms with van der Waals surface area (Å²) in [4.78, 5) is 0. The van der Waals surface area contributed by atoms with Crippen LogP contribution in [0.3, 0.4) is 0 Å². The molecule has 1 aromatic carbocycles. The van der Waals surface area contributed by atoms with Gasteiger partial charge in [-0.2, -0.15) is 9.78 Å². The van der Waals surface area contributed by atoms with Crippen LogP contribution in [0.1, 0.15) is 11.1 Å². The highest BCUT2D eigenvalue weighted by molar-refractivity contribution is 7.71. The summed E-state index contributed by atoms with van der Waals surface area (Å²) >= 11 is 5.18. The zero-order valence-electron chi connectivity index (χ0n) is 10.8. The van der Waals surface area contributed by atoms with Gasteiger partial charge in [0.05, 0.1) is 12.5 Å². The maximum Gasteiger partial charge on any atom is 0.219 e. The van der Waals surface area contributed by atoms with E-state index in [0.717, 1.165) is 5.56 Å². The molecule has 100 valence electrons. The zero-order valence-corrected chi connectivity index (χ0v) is 11.6. The Kier molecular flexibility index (Phi) is 3.30. The quantitative estimate of drug-likeness (QED) is 0.592. The molecule has 6 heteroatoms. The van der Waals surface area contributed by atoms with Crippen LogP contribution in [0.2, 0.25) is 0 Å². The second-order valence-electron chi connectivity index (χ2n) is 4.30. The minimum atomic E-state index is 0.417. The van der Waals surface area contributed by atoms with E-state index in [1.54, 1.807) is 18.5 Å². The number of aromatic nitrogens is 3. The highest BCUT2D eigenvalue weighted by atomic mass is 32.1. The summed E-state index contributed by atoms with van der Waals surface area (Å²) in [6.45, 7) is 2.04. The van der Waals surface area contributed by atoms with Gasteiger partial charge in [0.1, 0.15) is 0 Å². The topological polar surface area (TPSA) is 59.1 Å². The van der Waals surface area contributed by atoms with E-state index in [-0.39, 0.29) is 0 Å². The van der Waals surface area contributed by atoms with Gasteiger partial charge in [-0.15, -0.1) is 5.10 Å². The number of nitrogens with one attached hydrogen (secondary N) is 1. The molecule has 5 nitrogen and oxygen atoms in total. The molecule has 0 saturated heterocycles.